The average molecular weight is 403 g/mol. The summed E-state index contributed by atoms with van der Waals surface area (Å²) in [5.41, 5.74) is 1.44. The van der Waals surface area contributed by atoms with Gasteiger partial charge in [-0.3, -0.25) is 9.59 Å². The number of nitrogens with zero attached hydrogens (tertiary/aromatic N) is 5. The minimum Gasteiger partial charge on any atom is -0.368 e. The van der Waals surface area contributed by atoms with Crippen molar-refractivity contribution in [1.82, 2.24) is 25.2 Å². The summed E-state index contributed by atoms with van der Waals surface area (Å²) in [5, 5.41) is 11.7. The van der Waals surface area contributed by atoms with E-state index in [0.29, 0.717) is 37.7 Å². The molecule has 0 aliphatic carbocycles. The van der Waals surface area contributed by atoms with E-state index in [1.807, 2.05) is 38.1 Å². The van der Waals surface area contributed by atoms with Crippen molar-refractivity contribution in [2.24, 2.45) is 5.92 Å². The summed E-state index contributed by atoms with van der Waals surface area (Å²) in [5.74, 6) is -0.249. The van der Waals surface area contributed by atoms with E-state index in [2.05, 4.69) is 20.5 Å². The number of carbonyl (C=O) groups is 2. The van der Waals surface area contributed by atoms with Crippen LogP contribution in [0.3, 0.4) is 0 Å². The van der Waals surface area contributed by atoms with Gasteiger partial charge in [0.2, 0.25) is 0 Å². The maximum Gasteiger partial charge on any atom is 0.277 e. The zero-order chi connectivity index (χ0) is 19.8. The third-order valence-corrected chi connectivity index (χ3v) is 5.62. The smallest absolute Gasteiger partial charge is 0.277 e. The minimum absolute atomic E-state index is 0.00843. The van der Waals surface area contributed by atoms with E-state index in [9.17, 15) is 9.59 Å². The number of halogens is 1. The van der Waals surface area contributed by atoms with Crippen LogP contribution in [0.4, 0.5) is 5.69 Å². The van der Waals surface area contributed by atoms with E-state index >= 15 is 0 Å². The highest BCUT2D eigenvalue weighted by molar-refractivity contribution is 6.30. The number of fused-ring (bicyclic) bond motifs is 1. The van der Waals surface area contributed by atoms with Gasteiger partial charge in [-0.1, -0.05) is 36.7 Å². The van der Waals surface area contributed by atoms with Gasteiger partial charge in [-0.15, -0.1) is 5.10 Å². The molecule has 1 aromatic heterocycles. The molecule has 1 N–H and O–H groups in total. The lowest BCUT2D eigenvalue weighted by Crippen LogP contribution is -2.50. The Labute approximate surface area is 168 Å². The molecule has 8 nitrogen and oxygen atoms in total. The molecule has 2 aliphatic heterocycles. The van der Waals surface area contributed by atoms with Crippen molar-refractivity contribution in [3.63, 3.8) is 0 Å². The Morgan fingerprint density at radius 2 is 2.00 bits per heavy atom. The lowest BCUT2D eigenvalue weighted by molar-refractivity contribution is 0.0730. The largest absolute Gasteiger partial charge is 0.368 e. The van der Waals surface area contributed by atoms with Crippen molar-refractivity contribution in [3.05, 3.63) is 40.7 Å². The fraction of sp³-hybridized carbons (Fsp3) is 0.474. The SMILES string of the molecule is CC(C)C1Cn2nnc(C(=O)N3CCN(c4cccc(Cl)c4)CC3)c2C(=O)N1. The van der Waals surface area contributed by atoms with Crippen molar-refractivity contribution < 1.29 is 9.59 Å². The molecule has 2 aromatic rings. The highest BCUT2D eigenvalue weighted by Gasteiger charge is 2.35. The van der Waals surface area contributed by atoms with E-state index in [4.69, 9.17) is 11.6 Å². The molecule has 28 heavy (non-hydrogen) atoms. The Kier molecular flexibility index (Phi) is 4.97. The summed E-state index contributed by atoms with van der Waals surface area (Å²) in [4.78, 5) is 29.4. The zero-order valence-electron chi connectivity index (χ0n) is 15.9. The van der Waals surface area contributed by atoms with Crippen molar-refractivity contribution in [3.8, 4) is 0 Å². The molecule has 1 unspecified atom stereocenters. The molecule has 2 amide bonds. The monoisotopic (exact) mass is 402 g/mol. The number of nitrogens with one attached hydrogen (secondary N) is 1. The Morgan fingerprint density at radius 3 is 2.68 bits per heavy atom. The molecule has 2 aliphatic rings. The summed E-state index contributed by atoms with van der Waals surface area (Å²) >= 11 is 6.07. The van der Waals surface area contributed by atoms with Gasteiger partial charge in [0.1, 0.15) is 0 Å². The normalized spacial score (nSPS) is 19.6. The number of hydrogen-bond acceptors (Lipinski definition) is 5. The predicted octanol–water partition coefficient (Wildman–Crippen LogP) is 1.66. The van der Waals surface area contributed by atoms with Crippen LogP contribution in [0.15, 0.2) is 24.3 Å². The predicted molar refractivity (Wildman–Crippen MR) is 106 cm³/mol. The molecule has 0 spiro atoms. The van der Waals surface area contributed by atoms with Gasteiger partial charge < -0.3 is 15.1 Å². The number of rotatable bonds is 3. The van der Waals surface area contributed by atoms with E-state index in [1.54, 1.807) is 9.58 Å². The minimum atomic E-state index is -0.282. The first-order valence-corrected chi connectivity index (χ1v) is 9.86. The van der Waals surface area contributed by atoms with Gasteiger partial charge in [0.15, 0.2) is 11.4 Å². The molecule has 0 bridgehead atoms. The van der Waals surface area contributed by atoms with Crippen LogP contribution in [-0.2, 0) is 6.54 Å². The van der Waals surface area contributed by atoms with Gasteiger partial charge >= 0.3 is 0 Å². The maximum absolute atomic E-state index is 13.0. The first-order chi connectivity index (χ1) is 13.4. The molecule has 1 atom stereocenters. The van der Waals surface area contributed by atoms with Crippen LogP contribution in [0.2, 0.25) is 5.02 Å². The molecule has 148 valence electrons. The number of aromatic nitrogens is 3. The first-order valence-electron chi connectivity index (χ1n) is 9.48. The fourth-order valence-electron chi connectivity index (χ4n) is 3.65. The lowest BCUT2D eigenvalue weighted by atomic mass is 10.0. The van der Waals surface area contributed by atoms with Gasteiger partial charge in [-0.2, -0.15) is 0 Å². The first kappa shape index (κ1) is 18.7. The molecule has 1 saturated heterocycles. The highest BCUT2D eigenvalue weighted by atomic mass is 35.5. The van der Waals surface area contributed by atoms with Crippen molar-refractivity contribution in [2.45, 2.75) is 26.4 Å². The Bertz CT molecular complexity index is 904. The fourth-order valence-corrected chi connectivity index (χ4v) is 3.83. The van der Waals surface area contributed by atoms with Crippen LogP contribution < -0.4 is 10.2 Å². The molecule has 3 heterocycles. The second-order valence-electron chi connectivity index (χ2n) is 7.55. The lowest BCUT2D eigenvalue weighted by Gasteiger charge is -2.36. The van der Waals surface area contributed by atoms with Crippen molar-refractivity contribution in [1.29, 1.82) is 0 Å². The molecular weight excluding hydrogens is 380 g/mol. The molecule has 1 aromatic carbocycles. The van der Waals surface area contributed by atoms with Crippen molar-refractivity contribution in [2.75, 3.05) is 31.1 Å². The van der Waals surface area contributed by atoms with Crippen LogP contribution in [-0.4, -0.2) is 63.9 Å². The van der Waals surface area contributed by atoms with Crippen LogP contribution in [0.25, 0.3) is 0 Å². The van der Waals surface area contributed by atoms with Crippen LogP contribution in [0.5, 0.6) is 0 Å². The van der Waals surface area contributed by atoms with Gasteiger partial charge in [-0.25, -0.2) is 4.68 Å². The topological polar surface area (TPSA) is 83.4 Å². The summed E-state index contributed by atoms with van der Waals surface area (Å²) < 4.78 is 1.55. The Hall–Kier alpha value is -2.61. The second kappa shape index (κ2) is 7.43. The zero-order valence-corrected chi connectivity index (χ0v) is 16.7. The third-order valence-electron chi connectivity index (χ3n) is 5.38. The van der Waals surface area contributed by atoms with E-state index < -0.39 is 0 Å². The number of piperazine rings is 1. The maximum atomic E-state index is 13.0. The van der Waals surface area contributed by atoms with Gasteiger partial charge in [0.05, 0.1) is 12.6 Å². The average Bonchev–Trinajstić information content (AvgIpc) is 3.12. The summed E-state index contributed by atoms with van der Waals surface area (Å²) in [6, 6.07) is 7.68. The Balaban J connectivity index is 1.46. The quantitative estimate of drug-likeness (QED) is 0.844. The van der Waals surface area contributed by atoms with Crippen LogP contribution in [0, 0.1) is 5.92 Å². The van der Waals surface area contributed by atoms with Gasteiger partial charge in [0, 0.05) is 36.9 Å². The summed E-state index contributed by atoms with van der Waals surface area (Å²) in [7, 11) is 0. The molecule has 9 heteroatoms. The number of amides is 2. The summed E-state index contributed by atoms with van der Waals surface area (Å²) in [6.45, 7) is 7.09. The van der Waals surface area contributed by atoms with E-state index in [1.165, 1.54) is 0 Å². The molecule has 1 fully saturated rings. The third kappa shape index (κ3) is 3.44. The number of benzene rings is 1. The molecule has 0 radical (unpaired) electrons. The molecule has 0 saturated carbocycles. The number of hydrogen-bond donors (Lipinski definition) is 1. The van der Waals surface area contributed by atoms with Crippen molar-refractivity contribution >= 4 is 29.1 Å². The number of anilines is 1. The Morgan fingerprint density at radius 1 is 1.25 bits per heavy atom. The van der Waals surface area contributed by atoms with Crippen LogP contribution in [0.1, 0.15) is 34.8 Å². The van der Waals surface area contributed by atoms with E-state index in [-0.39, 0.29) is 35.2 Å². The standard InChI is InChI=1S/C19H23ClN6O2/c1-12(2)15-11-26-17(18(27)21-15)16(22-23-26)19(28)25-8-6-24(7-9-25)14-5-3-4-13(20)10-14/h3-5,10,12,15H,6-9,11H2,1-2H3,(H,21,27). The molecule has 4 rings (SSSR count). The second-order valence-corrected chi connectivity index (χ2v) is 7.99. The van der Waals surface area contributed by atoms with Gasteiger partial charge in [-0.05, 0) is 24.1 Å². The van der Waals surface area contributed by atoms with Crippen LogP contribution >= 0.6 is 11.6 Å². The highest BCUT2D eigenvalue weighted by Crippen LogP contribution is 2.22. The van der Waals surface area contributed by atoms with Gasteiger partial charge in [0.25, 0.3) is 11.8 Å². The summed E-state index contributed by atoms with van der Waals surface area (Å²) in [6.07, 6.45) is 0. The molecular formula is C19H23ClN6O2. The number of carbonyl (C=O) groups excluding carboxylic acids is 2. The van der Waals surface area contributed by atoms with E-state index in [0.717, 1.165) is 5.69 Å².